The van der Waals surface area contributed by atoms with Gasteiger partial charge < -0.3 is 39.1 Å². The van der Waals surface area contributed by atoms with Crippen molar-refractivity contribution >= 4 is 62.2 Å². The Morgan fingerprint density at radius 2 is 1.16 bits per heavy atom. The lowest BCUT2D eigenvalue weighted by atomic mass is 10.1. The van der Waals surface area contributed by atoms with Gasteiger partial charge in [0, 0.05) is 25.2 Å². The molecule has 0 bridgehead atoms. The highest BCUT2D eigenvalue weighted by atomic mass is 32.2. The van der Waals surface area contributed by atoms with Gasteiger partial charge in [-0.2, -0.15) is 0 Å². The van der Waals surface area contributed by atoms with Crippen LogP contribution in [-0.2, 0) is 49.8 Å². The Morgan fingerprint density at radius 3 is 1.65 bits per heavy atom. The van der Waals surface area contributed by atoms with E-state index in [2.05, 4.69) is 15.4 Å². The maximum absolute atomic E-state index is 13.5. The topological polar surface area (TPSA) is 257 Å². The first-order chi connectivity index (χ1) is 30.0. The molecule has 0 saturated heterocycles. The third-order valence-corrected chi connectivity index (χ3v) is 10.1. The number of carbonyl (C=O) groups excluding carboxylic acids is 4. The van der Waals surface area contributed by atoms with Crippen molar-refractivity contribution in [3.05, 3.63) is 96.1 Å². The van der Waals surface area contributed by atoms with Gasteiger partial charge >= 0.3 is 23.9 Å². The number of hydrogen-bond acceptors (Lipinski definition) is 15. The van der Waals surface area contributed by atoms with Crippen LogP contribution >= 0.6 is 0 Å². The van der Waals surface area contributed by atoms with Gasteiger partial charge in [0.15, 0.2) is 18.0 Å². The van der Waals surface area contributed by atoms with E-state index in [0.29, 0.717) is 31.0 Å². The average Bonchev–Trinajstić information content (AvgIpc) is 3.23. The highest BCUT2D eigenvalue weighted by Gasteiger charge is 2.29. The minimum absolute atomic E-state index is 0.0121. The Labute approximate surface area is 368 Å². The van der Waals surface area contributed by atoms with E-state index in [1.165, 1.54) is 39.0 Å². The van der Waals surface area contributed by atoms with Crippen LogP contribution in [0, 0.1) is 0 Å². The van der Waals surface area contributed by atoms with Crippen LogP contribution in [0.25, 0.3) is 0 Å². The molecule has 0 amide bonds. The summed E-state index contributed by atoms with van der Waals surface area (Å²) in [5, 5.41) is 11.7. The number of sulfonamides is 1. The van der Waals surface area contributed by atoms with Crippen LogP contribution in [0.2, 0.25) is 0 Å². The molecular formula is C43H52N4O14S2. The van der Waals surface area contributed by atoms with Crippen LogP contribution in [0.4, 0.5) is 17.1 Å². The van der Waals surface area contributed by atoms with Gasteiger partial charge in [0.2, 0.25) is 10.0 Å². The first-order valence-corrected chi connectivity index (χ1v) is 22.6. The van der Waals surface area contributed by atoms with Crippen molar-refractivity contribution in [2.75, 3.05) is 35.1 Å². The van der Waals surface area contributed by atoms with E-state index in [4.69, 9.17) is 33.6 Å². The van der Waals surface area contributed by atoms with E-state index in [0.717, 1.165) is 25.3 Å². The van der Waals surface area contributed by atoms with Crippen molar-refractivity contribution in [1.29, 1.82) is 0 Å². The predicted octanol–water partition coefficient (Wildman–Crippen LogP) is 7.16. The lowest BCUT2D eigenvalue weighted by Gasteiger charge is -2.20. The molecule has 0 fully saturated rings. The van der Waals surface area contributed by atoms with Gasteiger partial charge in [-0.25, -0.2) is 36.9 Å². The molecule has 4 atom stereocenters. The molecule has 4 aromatic rings. The first-order valence-electron chi connectivity index (χ1n) is 20.0. The number of unbranched alkanes of at least 4 members (excludes halogenated alkanes) is 2. The molecule has 63 heavy (non-hydrogen) atoms. The number of esters is 4. The Hall–Kier alpha value is -6.22. The Kier molecular flexibility index (Phi) is 18.7. The largest absolute Gasteiger partial charge is 0.459 e. The zero-order valence-electron chi connectivity index (χ0n) is 35.4. The molecular weight excluding hydrogens is 861 g/mol. The van der Waals surface area contributed by atoms with Crippen LogP contribution < -0.4 is 30.0 Å². The molecule has 0 aliphatic carbocycles. The van der Waals surface area contributed by atoms with Crippen LogP contribution in [-0.4, -0.2) is 79.1 Å². The summed E-state index contributed by atoms with van der Waals surface area (Å²) in [6.45, 7) is 8.24. The highest BCUT2D eigenvalue weighted by Crippen LogP contribution is 2.37. The molecule has 0 heterocycles. The molecule has 4 unspecified atom stereocenters. The number of para-hydroxylation sites is 2. The number of nitrogens with one attached hydrogen (secondary N) is 3. The number of primary sulfonamides is 1. The second kappa shape index (κ2) is 23.8. The molecule has 18 nitrogen and oxygen atoms in total. The molecule has 0 aliphatic heterocycles. The van der Waals surface area contributed by atoms with Crippen molar-refractivity contribution < 1.29 is 64.8 Å². The number of carbonyl (C=O) groups is 4. The van der Waals surface area contributed by atoms with Gasteiger partial charge in [0.05, 0.1) is 28.2 Å². The number of rotatable bonds is 24. The summed E-state index contributed by atoms with van der Waals surface area (Å²) in [5.41, 5.74) is 0.108. The fourth-order valence-corrected chi connectivity index (χ4v) is 6.56. The minimum atomic E-state index is -4.43. The average molecular weight is 913 g/mol. The number of nitrogens with two attached hydrogens (primary N) is 1. The third kappa shape index (κ3) is 15.3. The predicted molar refractivity (Wildman–Crippen MR) is 235 cm³/mol. The van der Waals surface area contributed by atoms with Gasteiger partial charge in [0.25, 0.3) is 11.3 Å². The van der Waals surface area contributed by atoms with Crippen molar-refractivity contribution in [2.45, 2.75) is 83.5 Å². The Bertz CT molecular complexity index is 2330. The molecule has 340 valence electrons. The summed E-state index contributed by atoms with van der Waals surface area (Å²) in [6.07, 6.45) is -0.933. The quantitative estimate of drug-likeness (QED) is 0.0202. The summed E-state index contributed by atoms with van der Waals surface area (Å²) in [7, 11) is -4.43. The molecule has 4 rings (SSSR count). The van der Waals surface area contributed by atoms with Gasteiger partial charge in [-0.05, 0) is 70.0 Å². The van der Waals surface area contributed by atoms with Crippen LogP contribution in [0.1, 0.15) is 81.0 Å². The van der Waals surface area contributed by atoms with Crippen molar-refractivity contribution in [2.24, 2.45) is 5.14 Å². The first kappa shape index (κ1) is 49.4. The van der Waals surface area contributed by atoms with Crippen molar-refractivity contribution in [3.63, 3.8) is 0 Å². The molecule has 0 aliphatic rings. The van der Waals surface area contributed by atoms with Gasteiger partial charge in [-0.15, -0.1) is 0 Å². The van der Waals surface area contributed by atoms with Crippen molar-refractivity contribution in [3.8, 4) is 23.0 Å². The van der Waals surface area contributed by atoms with E-state index in [1.54, 1.807) is 60.7 Å². The van der Waals surface area contributed by atoms with E-state index < -0.39 is 75.0 Å². The number of ether oxygens (including phenoxy) is 6. The maximum atomic E-state index is 13.5. The normalized spacial score (nSPS) is 13.0. The summed E-state index contributed by atoms with van der Waals surface area (Å²) in [6, 6.07) is 22.0. The number of hydrogen-bond donors (Lipinski definition) is 5. The summed E-state index contributed by atoms with van der Waals surface area (Å²) in [5.74, 6) is -3.32. The Balaban J connectivity index is 1.40. The molecule has 6 N–H and O–H groups in total. The SMILES string of the molecule is CCCCNc1cc(Oc2ccccc2)c(S(N)(=O)=O)cc1C(=O)OC(C)C(=O)OCC(C)OC(=O)C(C)OC(=O)c1cc(NS(=O)O)c(Oc2ccccc2)cc1NCCCC. The third-order valence-electron chi connectivity index (χ3n) is 8.79. The van der Waals surface area contributed by atoms with Gasteiger partial charge in [0.1, 0.15) is 34.9 Å². The molecule has 20 heteroatoms. The lowest BCUT2D eigenvalue weighted by molar-refractivity contribution is -0.167. The lowest BCUT2D eigenvalue weighted by Crippen LogP contribution is -2.33. The fourth-order valence-electron chi connectivity index (χ4n) is 5.55. The summed E-state index contributed by atoms with van der Waals surface area (Å²) >= 11 is -2.55. The molecule has 4 aromatic carbocycles. The number of benzene rings is 4. The molecule has 0 saturated carbocycles. The minimum Gasteiger partial charge on any atom is -0.459 e. The Morgan fingerprint density at radius 1 is 0.683 bits per heavy atom. The molecule has 0 aromatic heterocycles. The van der Waals surface area contributed by atoms with Crippen LogP contribution in [0.5, 0.6) is 23.0 Å². The van der Waals surface area contributed by atoms with Gasteiger partial charge in [-0.3, -0.25) is 9.27 Å². The highest BCUT2D eigenvalue weighted by molar-refractivity contribution is 7.89. The second-order valence-corrected chi connectivity index (χ2v) is 16.2. The van der Waals surface area contributed by atoms with Crippen LogP contribution in [0.15, 0.2) is 89.8 Å². The second-order valence-electron chi connectivity index (χ2n) is 14.0. The van der Waals surface area contributed by atoms with E-state index >= 15 is 0 Å². The monoisotopic (exact) mass is 912 g/mol. The summed E-state index contributed by atoms with van der Waals surface area (Å²) in [4.78, 5) is 52.4. The van der Waals surface area contributed by atoms with Gasteiger partial charge in [-0.1, -0.05) is 63.1 Å². The fraction of sp³-hybridized carbons (Fsp3) is 0.349. The van der Waals surface area contributed by atoms with Crippen LogP contribution in [0.3, 0.4) is 0 Å². The van der Waals surface area contributed by atoms with E-state index in [9.17, 15) is 36.4 Å². The molecule has 0 radical (unpaired) electrons. The van der Waals surface area contributed by atoms with E-state index in [-0.39, 0.29) is 39.7 Å². The molecule has 0 spiro atoms. The van der Waals surface area contributed by atoms with Crippen molar-refractivity contribution in [1.82, 2.24) is 0 Å². The standard InChI is InChI=1S/C43H52N4O14S2/c1-6-8-20-45-34-24-37(60-30-16-12-10-13-17-30)36(47-62(52)53)22-32(34)42(50)59-29(5)41(49)57-27(3)26-56-40(48)28(4)58-43(51)33-23-39(63(44,54)55)38(25-35(33)46-21-9-7-2)61-31-18-14-11-15-19-31/h10-19,22-25,27-29,45-47H,6-9,20-21,26H2,1-5H3,(H,52,53)(H2,44,54,55). The number of anilines is 3. The smallest absolute Gasteiger partial charge is 0.347 e. The summed E-state index contributed by atoms with van der Waals surface area (Å²) < 4.78 is 82.2. The zero-order valence-corrected chi connectivity index (χ0v) is 37.0. The maximum Gasteiger partial charge on any atom is 0.347 e. The zero-order chi connectivity index (χ0) is 46.1. The van der Waals surface area contributed by atoms with E-state index in [1.807, 2.05) is 13.8 Å².